The number of hydrogen-bond donors (Lipinski definition) is 4. The Labute approximate surface area is 219 Å². The van der Waals surface area contributed by atoms with E-state index in [2.05, 4.69) is 33.4 Å². The Kier molecular flexibility index (Phi) is 10.8. The molecule has 0 aliphatic rings. The number of amides is 2. The topological polar surface area (TPSA) is 114 Å². The lowest BCUT2D eigenvalue weighted by molar-refractivity contribution is -0.00684. The van der Waals surface area contributed by atoms with Crippen LogP contribution < -0.4 is 16.5 Å². The second-order valence-corrected chi connectivity index (χ2v) is 8.97. The second-order valence-electron chi connectivity index (χ2n) is 7.31. The SMILES string of the molecule is Cc1cc(I)ccc1Nc1c(C(=O)NOCC(C)O)cc(Cl)c(F)c1F.NC(=O)c1ccccc1. The quantitative estimate of drug-likeness (QED) is 0.167. The number of rotatable bonds is 7. The van der Waals surface area contributed by atoms with Gasteiger partial charge < -0.3 is 16.2 Å². The van der Waals surface area contributed by atoms with Crippen molar-refractivity contribution in [3.8, 4) is 0 Å². The number of carbonyl (C=O) groups is 2. The third-order valence-electron chi connectivity index (χ3n) is 4.40. The van der Waals surface area contributed by atoms with Crippen molar-refractivity contribution in [2.75, 3.05) is 11.9 Å². The van der Waals surface area contributed by atoms with Gasteiger partial charge in [-0.2, -0.15) is 0 Å². The van der Waals surface area contributed by atoms with Crippen LogP contribution in [0.25, 0.3) is 0 Å². The molecule has 0 saturated heterocycles. The number of nitrogens with two attached hydrogens (primary N) is 1. The van der Waals surface area contributed by atoms with Gasteiger partial charge in [0.1, 0.15) is 6.61 Å². The Morgan fingerprint density at radius 3 is 2.34 bits per heavy atom. The lowest BCUT2D eigenvalue weighted by Crippen LogP contribution is -2.28. The molecular weight excluding hydrogens is 595 g/mol. The summed E-state index contributed by atoms with van der Waals surface area (Å²) >= 11 is 7.80. The minimum absolute atomic E-state index is 0.165. The number of anilines is 2. The number of hydrogen-bond acceptors (Lipinski definition) is 5. The van der Waals surface area contributed by atoms with E-state index < -0.39 is 28.7 Å². The molecule has 186 valence electrons. The van der Waals surface area contributed by atoms with Crippen molar-refractivity contribution in [2.45, 2.75) is 20.0 Å². The molecule has 3 aromatic carbocycles. The number of hydroxylamine groups is 1. The van der Waals surface area contributed by atoms with E-state index in [4.69, 9.17) is 27.3 Å². The predicted molar refractivity (Wildman–Crippen MR) is 139 cm³/mol. The third kappa shape index (κ3) is 8.42. The molecule has 0 aliphatic carbocycles. The minimum atomic E-state index is -1.28. The molecule has 0 radical (unpaired) electrons. The summed E-state index contributed by atoms with van der Waals surface area (Å²) in [7, 11) is 0. The number of aryl methyl sites for hydroxylation is 1. The van der Waals surface area contributed by atoms with Gasteiger partial charge in [0.05, 0.1) is 22.4 Å². The van der Waals surface area contributed by atoms with E-state index in [0.29, 0.717) is 11.3 Å². The minimum Gasteiger partial charge on any atom is -0.391 e. The molecule has 0 spiro atoms. The molecule has 0 aromatic heterocycles. The van der Waals surface area contributed by atoms with Crippen molar-refractivity contribution in [2.24, 2.45) is 5.73 Å². The van der Waals surface area contributed by atoms with Crippen LogP contribution in [0.5, 0.6) is 0 Å². The molecule has 0 fully saturated rings. The summed E-state index contributed by atoms with van der Waals surface area (Å²) in [6.45, 7) is 3.09. The van der Waals surface area contributed by atoms with Gasteiger partial charge in [0.2, 0.25) is 5.91 Å². The highest BCUT2D eigenvalue weighted by Gasteiger charge is 2.23. The number of halogens is 4. The van der Waals surface area contributed by atoms with E-state index in [1.54, 1.807) is 43.3 Å². The van der Waals surface area contributed by atoms with E-state index >= 15 is 0 Å². The van der Waals surface area contributed by atoms with Gasteiger partial charge in [-0.15, -0.1) is 0 Å². The molecule has 0 bridgehead atoms. The zero-order valence-electron chi connectivity index (χ0n) is 18.7. The van der Waals surface area contributed by atoms with Crippen molar-refractivity contribution >= 4 is 57.4 Å². The summed E-state index contributed by atoms with van der Waals surface area (Å²) in [5.41, 5.74) is 8.27. The summed E-state index contributed by atoms with van der Waals surface area (Å²) in [6.07, 6.45) is -0.809. The van der Waals surface area contributed by atoms with Crippen LogP contribution in [0, 0.1) is 22.1 Å². The smallest absolute Gasteiger partial charge is 0.277 e. The molecule has 2 amide bonds. The average Bonchev–Trinajstić information content (AvgIpc) is 2.81. The standard InChI is InChI=1S/C17H16ClF2IN2O3.C7H7NO/c1-8-5-10(21)3-4-13(8)22-16-11(6-12(18)14(19)15(16)20)17(25)23-26-7-9(2)24;8-7(9)6-4-2-1-3-5-6/h3-6,9,22,24H,7H2,1-2H3,(H,23,25);1-5H,(H2,8,9). The Morgan fingerprint density at radius 1 is 1.14 bits per heavy atom. The number of aliphatic hydroxyl groups excluding tert-OH is 1. The summed E-state index contributed by atoms with van der Waals surface area (Å²) in [6, 6.07) is 15.1. The number of aliphatic hydroxyl groups is 1. The highest BCUT2D eigenvalue weighted by molar-refractivity contribution is 14.1. The molecule has 5 N–H and O–H groups in total. The molecule has 11 heteroatoms. The van der Waals surface area contributed by atoms with E-state index in [9.17, 15) is 18.4 Å². The molecule has 7 nitrogen and oxygen atoms in total. The maximum atomic E-state index is 14.4. The van der Waals surface area contributed by atoms with Gasteiger partial charge in [0, 0.05) is 14.8 Å². The first-order chi connectivity index (χ1) is 16.5. The largest absolute Gasteiger partial charge is 0.391 e. The molecule has 35 heavy (non-hydrogen) atoms. The first-order valence-corrected chi connectivity index (χ1v) is 11.6. The van der Waals surface area contributed by atoms with E-state index in [0.717, 1.165) is 15.2 Å². The van der Waals surface area contributed by atoms with Crippen molar-refractivity contribution in [1.82, 2.24) is 5.48 Å². The first kappa shape index (κ1) is 28.4. The highest BCUT2D eigenvalue weighted by atomic mass is 127. The molecular formula is C24H23ClF2IN3O4. The summed E-state index contributed by atoms with van der Waals surface area (Å²) in [4.78, 5) is 27.5. The molecule has 1 atom stereocenters. The van der Waals surface area contributed by atoms with Gasteiger partial charge in [0.15, 0.2) is 11.6 Å². The Morgan fingerprint density at radius 2 is 1.80 bits per heavy atom. The maximum absolute atomic E-state index is 14.4. The molecule has 3 rings (SSSR count). The van der Waals surface area contributed by atoms with Crippen LogP contribution in [0.3, 0.4) is 0 Å². The predicted octanol–water partition coefficient (Wildman–Crippen LogP) is 5.10. The zero-order chi connectivity index (χ0) is 26.1. The van der Waals surface area contributed by atoms with Crippen molar-refractivity contribution in [3.05, 3.63) is 91.5 Å². The molecule has 0 saturated carbocycles. The molecule has 1 unspecified atom stereocenters. The number of benzene rings is 3. The van der Waals surface area contributed by atoms with Crippen LogP contribution in [0.4, 0.5) is 20.2 Å². The van der Waals surface area contributed by atoms with Gasteiger partial charge in [-0.05, 0) is 78.4 Å². The van der Waals surface area contributed by atoms with Crippen LogP contribution in [0.1, 0.15) is 33.2 Å². The van der Waals surface area contributed by atoms with Gasteiger partial charge in [-0.25, -0.2) is 14.3 Å². The molecule has 3 aromatic rings. The Bertz CT molecular complexity index is 1200. The van der Waals surface area contributed by atoms with Crippen LogP contribution >= 0.6 is 34.2 Å². The highest BCUT2D eigenvalue weighted by Crippen LogP contribution is 2.32. The Balaban J connectivity index is 0.000000402. The fourth-order valence-electron chi connectivity index (χ4n) is 2.68. The van der Waals surface area contributed by atoms with Crippen molar-refractivity contribution < 1.29 is 28.3 Å². The fourth-order valence-corrected chi connectivity index (χ4v) is 3.52. The molecule has 0 aliphatic heterocycles. The van der Waals surface area contributed by atoms with Gasteiger partial charge in [-0.1, -0.05) is 29.8 Å². The summed E-state index contributed by atoms with van der Waals surface area (Å²) in [5.74, 6) is -3.76. The maximum Gasteiger partial charge on any atom is 0.277 e. The van der Waals surface area contributed by atoms with Crippen LogP contribution in [0.15, 0.2) is 54.6 Å². The monoisotopic (exact) mass is 617 g/mol. The normalized spacial score (nSPS) is 11.2. The van der Waals surface area contributed by atoms with E-state index in [1.807, 2.05) is 12.1 Å². The van der Waals surface area contributed by atoms with E-state index in [1.165, 1.54) is 6.92 Å². The van der Waals surface area contributed by atoms with Gasteiger partial charge in [-0.3, -0.25) is 14.4 Å². The van der Waals surface area contributed by atoms with Crippen LogP contribution in [-0.2, 0) is 4.84 Å². The lowest BCUT2D eigenvalue weighted by Gasteiger charge is -2.16. The average molecular weight is 618 g/mol. The van der Waals surface area contributed by atoms with E-state index in [-0.39, 0.29) is 23.8 Å². The fraction of sp³-hybridized carbons (Fsp3) is 0.167. The van der Waals surface area contributed by atoms with Crippen LogP contribution in [0.2, 0.25) is 5.02 Å². The lowest BCUT2D eigenvalue weighted by atomic mass is 10.1. The number of primary amides is 1. The Hall–Kier alpha value is -2.80. The van der Waals surface area contributed by atoms with Gasteiger partial charge in [0.25, 0.3) is 5.91 Å². The number of nitrogens with one attached hydrogen (secondary N) is 2. The van der Waals surface area contributed by atoms with Crippen molar-refractivity contribution in [3.63, 3.8) is 0 Å². The molecule has 0 heterocycles. The summed E-state index contributed by atoms with van der Waals surface area (Å²) < 4.78 is 29.3. The summed E-state index contributed by atoms with van der Waals surface area (Å²) in [5, 5.41) is 11.4. The first-order valence-electron chi connectivity index (χ1n) is 10.2. The second kappa shape index (κ2) is 13.3. The third-order valence-corrected chi connectivity index (χ3v) is 5.35. The van der Waals surface area contributed by atoms with Crippen molar-refractivity contribution in [1.29, 1.82) is 0 Å². The zero-order valence-corrected chi connectivity index (χ0v) is 21.7. The number of carbonyl (C=O) groups excluding carboxylic acids is 2. The van der Waals surface area contributed by atoms with Gasteiger partial charge >= 0.3 is 0 Å². The van der Waals surface area contributed by atoms with Crippen LogP contribution in [-0.4, -0.2) is 29.6 Å².